The van der Waals surface area contributed by atoms with Gasteiger partial charge in [-0.05, 0) is 36.4 Å². The van der Waals surface area contributed by atoms with Gasteiger partial charge >= 0.3 is 0 Å². The number of nitrogen functional groups attached to an aromatic ring is 1. The van der Waals surface area contributed by atoms with Crippen LogP contribution in [0.5, 0.6) is 5.75 Å². The molecular formula is C14H11ClN4O2. The number of halogens is 1. The molecule has 0 unspecified atom stereocenters. The largest absolute Gasteiger partial charge is 0.484 e. The molecule has 3 rings (SSSR count). The van der Waals surface area contributed by atoms with Crippen molar-refractivity contribution in [1.82, 2.24) is 15.1 Å². The number of aromatic nitrogens is 3. The van der Waals surface area contributed by atoms with Gasteiger partial charge in [-0.1, -0.05) is 16.8 Å². The fourth-order valence-corrected chi connectivity index (χ4v) is 1.88. The van der Waals surface area contributed by atoms with Crippen LogP contribution < -0.4 is 10.5 Å². The smallest absolute Gasteiger partial charge is 0.264 e. The second kappa shape index (κ2) is 5.80. The summed E-state index contributed by atoms with van der Waals surface area (Å²) >= 11 is 6.03. The third kappa shape index (κ3) is 3.11. The topological polar surface area (TPSA) is 87.1 Å². The minimum atomic E-state index is 0.154. The Morgan fingerprint density at radius 2 is 2.00 bits per heavy atom. The zero-order chi connectivity index (χ0) is 14.7. The summed E-state index contributed by atoms with van der Waals surface area (Å²) in [7, 11) is 0. The molecule has 0 fully saturated rings. The summed E-state index contributed by atoms with van der Waals surface area (Å²) in [6, 6.07) is 10.5. The van der Waals surface area contributed by atoms with E-state index in [0.29, 0.717) is 33.9 Å². The van der Waals surface area contributed by atoms with Gasteiger partial charge in [-0.15, -0.1) is 0 Å². The van der Waals surface area contributed by atoms with Gasteiger partial charge in [-0.3, -0.25) is 4.98 Å². The lowest BCUT2D eigenvalue weighted by molar-refractivity contribution is 0.243. The Kier molecular flexibility index (Phi) is 3.70. The van der Waals surface area contributed by atoms with Crippen LogP contribution in [0.25, 0.3) is 11.5 Å². The number of ether oxygens (including phenoxy) is 1. The van der Waals surface area contributed by atoms with E-state index in [1.807, 2.05) is 0 Å². The normalized spacial score (nSPS) is 10.5. The molecule has 2 aromatic heterocycles. The van der Waals surface area contributed by atoms with Crippen molar-refractivity contribution >= 4 is 17.3 Å². The fourth-order valence-electron chi connectivity index (χ4n) is 1.67. The first-order valence-corrected chi connectivity index (χ1v) is 6.52. The fraction of sp³-hybridized carbons (Fsp3) is 0.0714. The molecular weight excluding hydrogens is 292 g/mol. The van der Waals surface area contributed by atoms with Crippen molar-refractivity contribution < 1.29 is 9.26 Å². The molecule has 0 aliphatic rings. The highest BCUT2D eigenvalue weighted by Gasteiger charge is 2.13. The quantitative estimate of drug-likeness (QED) is 0.746. The van der Waals surface area contributed by atoms with Crippen LogP contribution in [-0.4, -0.2) is 15.1 Å². The number of nitrogens with two attached hydrogens (primary N) is 1. The summed E-state index contributed by atoms with van der Waals surface area (Å²) in [4.78, 5) is 8.32. The van der Waals surface area contributed by atoms with Gasteiger partial charge in [0.25, 0.3) is 5.89 Å². The summed E-state index contributed by atoms with van der Waals surface area (Å²) in [5.41, 5.74) is 6.75. The van der Waals surface area contributed by atoms with Gasteiger partial charge in [-0.2, -0.15) is 4.98 Å². The second-order valence-corrected chi connectivity index (χ2v) is 4.61. The zero-order valence-electron chi connectivity index (χ0n) is 10.9. The number of anilines is 1. The van der Waals surface area contributed by atoms with Crippen LogP contribution in [0.1, 0.15) is 5.89 Å². The standard InChI is InChI=1S/C14H11ClN4O2/c15-11-2-1-7-17-13(11)14-18-12(21-19-14)8-20-10-5-3-9(16)4-6-10/h1-7H,8,16H2. The molecule has 0 amide bonds. The van der Waals surface area contributed by atoms with E-state index in [4.69, 9.17) is 26.6 Å². The van der Waals surface area contributed by atoms with Crippen LogP contribution in [0, 0.1) is 0 Å². The maximum absolute atomic E-state index is 6.03. The molecule has 7 heteroatoms. The van der Waals surface area contributed by atoms with E-state index in [0.717, 1.165) is 0 Å². The first kappa shape index (κ1) is 13.4. The van der Waals surface area contributed by atoms with Gasteiger partial charge in [0.1, 0.15) is 11.4 Å². The summed E-state index contributed by atoms with van der Waals surface area (Å²) in [5, 5.41) is 4.30. The lowest BCUT2D eigenvalue weighted by Crippen LogP contribution is -1.96. The monoisotopic (exact) mass is 302 g/mol. The lowest BCUT2D eigenvalue weighted by atomic mass is 10.3. The maximum Gasteiger partial charge on any atom is 0.264 e. The van der Waals surface area contributed by atoms with Crippen molar-refractivity contribution in [2.45, 2.75) is 6.61 Å². The molecule has 0 aliphatic carbocycles. The number of benzene rings is 1. The molecule has 6 nitrogen and oxygen atoms in total. The molecule has 1 aromatic carbocycles. The highest BCUT2D eigenvalue weighted by atomic mass is 35.5. The Labute approximate surface area is 125 Å². The van der Waals surface area contributed by atoms with E-state index in [1.165, 1.54) is 0 Å². The Balaban J connectivity index is 1.71. The zero-order valence-corrected chi connectivity index (χ0v) is 11.6. The molecule has 0 bridgehead atoms. The summed E-state index contributed by atoms with van der Waals surface area (Å²) in [6.45, 7) is 0.154. The first-order valence-electron chi connectivity index (χ1n) is 6.14. The summed E-state index contributed by atoms with van der Waals surface area (Å²) < 4.78 is 10.6. The van der Waals surface area contributed by atoms with Gasteiger partial charge in [0.15, 0.2) is 6.61 Å². The van der Waals surface area contributed by atoms with E-state index in [9.17, 15) is 0 Å². The van der Waals surface area contributed by atoms with Crippen LogP contribution in [0.15, 0.2) is 47.1 Å². The molecule has 0 saturated heterocycles. The van der Waals surface area contributed by atoms with E-state index in [-0.39, 0.29) is 6.61 Å². The molecule has 0 spiro atoms. The van der Waals surface area contributed by atoms with Crippen molar-refractivity contribution in [3.8, 4) is 17.3 Å². The van der Waals surface area contributed by atoms with Crippen LogP contribution in [0.4, 0.5) is 5.69 Å². The highest BCUT2D eigenvalue weighted by molar-refractivity contribution is 6.32. The number of hydrogen-bond acceptors (Lipinski definition) is 6. The average Bonchev–Trinajstić information content (AvgIpc) is 2.96. The van der Waals surface area contributed by atoms with Crippen molar-refractivity contribution in [2.24, 2.45) is 0 Å². The number of pyridine rings is 1. The predicted molar refractivity (Wildman–Crippen MR) is 77.7 cm³/mol. The van der Waals surface area contributed by atoms with Crippen molar-refractivity contribution in [2.75, 3.05) is 5.73 Å². The highest BCUT2D eigenvalue weighted by Crippen LogP contribution is 2.22. The Bertz CT molecular complexity index is 743. The molecule has 0 saturated carbocycles. The SMILES string of the molecule is Nc1ccc(OCc2nc(-c3ncccc3Cl)no2)cc1. The van der Waals surface area contributed by atoms with Gasteiger partial charge in [0.2, 0.25) is 5.82 Å². The van der Waals surface area contributed by atoms with Crippen LogP contribution in [0.2, 0.25) is 5.02 Å². The van der Waals surface area contributed by atoms with Crippen LogP contribution in [-0.2, 0) is 6.61 Å². The Hall–Kier alpha value is -2.60. The molecule has 2 heterocycles. The van der Waals surface area contributed by atoms with Gasteiger partial charge in [-0.25, -0.2) is 0 Å². The predicted octanol–water partition coefficient (Wildman–Crippen LogP) is 2.95. The molecule has 2 N–H and O–H groups in total. The van der Waals surface area contributed by atoms with E-state index in [1.54, 1.807) is 42.6 Å². The molecule has 21 heavy (non-hydrogen) atoms. The van der Waals surface area contributed by atoms with Crippen LogP contribution in [0.3, 0.4) is 0 Å². The van der Waals surface area contributed by atoms with Crippen LogP contribution >= 0.6 is 11.6 Å². The minimum Gasteiger partial charge on any atom is -0.484 e. The van der Waals surface area contributed by atoms with Crippen molar-refractivity contribution in [1.29, 1.82) is 0 Å². The number of rotatable bonds is 4. The average molecular weight is 303 g/mol. The van der Waals surface area contributed by atoms with Gasteiger partial charge in [0, 0.05) is 11.9 Å². The molecule has 0 atom stereocenters. The first-order chi connectivity index (χ1) is 10.2. The van der Waals surface area contributed by atoms with Gasteiger partial charge < -0.3 is 15.0 Å². The lowest BCUT2D eigenvalue weighted by Gasteiger charge is -2.02. The third-order valence-corrected chi connectivity index (χ3v) is 2.99. The molecule has 106 valence electrons. The minimum absolute atomic E-state index is 0.154. The molecule has 3 aromatic rings. The summed E-state index contributed by atoms with van der Waals surface area (Å²) in [6.07, 6.45) is 1.61. The van der Waals surface area contributed by atoms with Gasteiger partial charge in [0.05, 0.1) is 5.02 Å². The summed E-state index contributed by atoms with van der Waals surface area (Å²) in [5.74, 6) is 1.33. The number of nitrogens with zero attached hydrogens (tertiary/aromatic N) is 3. The van der Waals surface area contributed by atoms with Crippen molar-refractivity contribution in [3.63, 3.8) is 0 Å². The molecule has 0 aliphatic heterocycles. The second-order valence-electron chi connectivity index (χ2n) is 4.20. The third-order valence-electron chi connectivity index (χ3n) is 2.68. The Morgan fingerprint density at radius 3 is 2.76 bits per heavy atom. The van der Waals surface area contributed by atoms with E-state index in [2.05, 4.69) is 15.1 Å². The Morgan fingerprint density at radius 1 is 1.19 bits per heavy atom. The van der Waals surface area contributed by atoms with E-state index < -0.39 is 0 Å². The molecule has 0 radical (unpaired) electrons. The maximum atomic E-state index is 6.03. The number of hydrogen-bond donors (Lipinski definition) is 1. The van der Waals surface area contributed by atoms with E-state index >= 15 is 0 Å². The van der Waals surface area contributed by atoms with Crippen molar-refractivity contribution in [3.05, 3.63) is 53.5 Å².